The van der Waals surface area contributed by atoms with E-state index in [2.05, 4.69) is 10.4 Å². The average molecular weight is 496 g/mol. The second kappa shape index (κ2) is 9.51. The minimum atomic E-state index is -3.62. The van der Waals surface area contributed by atoms with Gasteiger partial charge in [0.05, 0.1) is 28.8 Å². The molecule has 2 aromatic carbocycles. The van der Waals surface area contributed by atoms with Crippen LogP contribution in [0, 0.1) is 0 Å². The predicted molar refractivity (Wildman–Crippen MR) is 129 cm³/mol. The zero-order valence-corrected chi connectivity index (χ0v) is 19.8. The number of rotatable bonds is 8. The Hall–Kier alpha value is -3.70. The first kappa shape index (κ1) is 23.1. The van der Waals surface area contributed by atoms with Crippen LogP contribution in [-0.2, 0) is 27.9 Å². The molecule has 10 nitrogen and oxygen atoms in total. The number of anilines is 1. The van der Waals surface area contributed by atoms with Gasteiger partial charge in [-0.15, -0.1) is 0 Å². The molecule has 1 aliphatic heterocycles. The first-order valence-corrected chi connectivity index (χ1v) is 12.8. The van der Waals surface area contributed by atoms with E-state index < -0.39 is 15.8 Å². The number of hydrogen-bond acceptors (Lipinski definition) is 6. The number of oxazole rings is 1. The largest absolute Gasteiger partial charge is 0.419 e. The molecule has 0 bridgehead atoms. The van der Waals surface area contributed by atoms with Crippen molar-refractivity contribution in [3.63, 3.8) is 0 Å². The third-order valence-electron chi connectivity index (χ3n) is 6.01. The van der Waals surface area contributed by atoms with Crippen LogP contribution in [-0.4, -0.2) is 46.1 Å². The molecule has 0 atom stereocenters. The summed E-state index contributed by atoms with van der Waals surface area (Å²) in [6.45, 7) is 1.66. The van der Waals surface area contributed by atoms with Crippen molar-refractivity contribution in [2.75, 3.05) is 18.4 Å². The fourth-order valence-electron chi connectivity index (χ4n) is 4.22. The second-order valence-electron chi connectivity index (χ2n) is 8.47. The van der Waals surface area contributed by atoms with E-state index in [0.29, 0.717) is 30.8 Å². The lowest BCUT2D eigenvalue weighted by Crippen LogP contribution is -2.27. The monoisotopic (exact) mass is 495 g/mol. The van der Waals surface area contributed by atoms with Gasteiger partial charge in [-0.05, 0) is 30.5 Å². The zero-order valence-electron chi connectivity index (χ0n) is 19.0. The van der Waals surface area contributed by atoms with Gasteiger partial charge in [-0.1, -0.05) is 30.3 Å². The zero-order chi connectivity index (χ0) is 24.4. The number of hydrogen-bond donors (Lipinski definition) is 1. The number of sulfonamides is 1. The Labute approximate surface area is 201 Å². The molecule has 1 N–H and O–H groups in total. The van der Waals surface area contributed by atoms with Gasteiger partial charge in [0.25, 0.3) is 0 Å². The minimum Gasteiger partial charge on any atom is -0.408 e. The smallest absolute Gasteiger partial charge is 0.408 e. The highest BCUT2D eigenvalue weighted by Crippen LogP contribution is 2.24. The molecule has 0 saturated carbocycles. The van der Waals surface area contributed by atoms with Crippen molar-refractivity contribution < 1.29 is 17.6 Å². The quantitative estimate of drug-likeness (QED) is 0.401. The number of aryl methyl sites for hydroxylation is 1. The van der Waals surface area contributed by atoms with E-state index >= 15 is 0 Å². The molecule has 5 rings (SSSR count). The molecule has 4 aromatic rings. The van der Waals surface area contributed by atoms with Gasteiger partial charge in [-0.3, -0.25) is 14.0 Å². The molecule has 0 unspecified atom stereocenters. The van der Waals surface area contributed by atoms with Crippen LogP contribution in [0.1, 0.15) is 24.8 Å². The van der Waals surface area contributed by atoms with Gasteiger partial charge >= 0.3 is 5.76 Å². The Kier molecular flexibility index (Phi) is 6.27. The normalized spacial score (nSPS) is 14.5. The first-order valence-electron chi connectivity index (χ1n) is 11.4. The number of nitrogens with one attached hydrogen (secondary N) is 1. The van der Waals surface area contributed by atoms with Crippen LogP contribution >= 0.6 is 0 Å². The molecule has 3 heterocycles. The number of carbonyl (C=O) groups excluding carboxylic acids is 1. The van der Waals surface area contributed by atoms with Crippen LogP contribution in [0.5, 0.6) is 0 Å². The Morgan fingerprint density at radius 1 is 1.09 bits per heavy atom. The van der Waals surface area contributed by atoms with Crippen molar-refractivity contribution >= 4 is 32.7 Å². The Bertz CT molecular complexity index is 1510. The summed E-state index contributed by atoms with van der Waals surface area (Å²) in [7, 11) is -3.62. The van der Waals surface area contributed by atoms with Crippen molar-refractivity contribution in [2.24, 2.45) is 0 Å². The Morgan fingerprint density at radius 2 is 1.86 bits per heavy atom. The molecule has 1 fully saturated rings. The van der Waals surface area contributed by atoms with Crippen molar-refractivity contribution in [3.8, 4) is 0 Å². The summed E-state index contributed by atoms with van der Waals surface area (Å²) in [4.78, 5) is 25.0. The molecule has 0 radical (unpaired) electrons. The topological polar surface area (TPSA) is 119 Å². The molecule has 182 valence electrons. The molecular weight excluding hydrogens is 470 g/mol. The van der Waals surface area contributed by atoms with Crippen LogP contribution in [0.3, 0.4) is 0 Å². The molecule has 1 saturated heterocycles. The highest BCUT2D eigenvalue weighted by atomic mass is 32.2. The van der Waals surface area contributed by atoms with Gasteiger partial charge in [-0.25, -0.2) is 13.2 Å². The number of benzene rings is 2. The molecule has 1 aliphatic rings. The van der Waals surface area contributed by atoms with Gasteiger partial charge in [0.15, 0.2) is 5.58 Å². The van der Waals surface area contributed by atoms with Crippen LogP contribution in [0.2, 0.25) is 0 Å². The number of amides is 1. The molecule has 0 spiro atoms. The first-order chi connectivity index (χ1) is 16.9. The number of fused-ring (bicyclic) bond motifs is 1. The highest BCUT2D eigenvalue weighted by Gasteiger charge is 2.28. The van der Waals surface area contributed by atoms with E-state index in [4.69, 9.17) is 4.42 Å². The van der Waals surface area contributed by atoms with Gasteiger partial charge in [0.2, 0.25) is 15.9 Å². The van der Waals surface area contributed by atoms with E-state index in [-0.39, 0.29) is 29.4 Å². The van der Waals surface area contributed by atoms with E-state index in [1.807, 2.05) is 30.3 Å². The van der Waals surface area contributed by atoms with Crippen molar-refractivity contribution in [2.45, 2.75) is 37.2 Å². The van der Waals surface area contributed by atoms with E-state index in [9.17, 15) is 18.0 Å². The van der Waals surface area contributed by atoms with Gasteiger partial charge in [-0.2, -0.15) is 9.40 Å². The summed E-state index contributed by atoms with van der Waals surface area (Å²) in [5.74, 6) is -0.919. The summed E-state index contributed by atoms with van der Waals surface area (Å²) in [5.41, 5.74) is 2.28. The number of aromatic nitrogens is 3. The van der Waals surface area contributed by atoms with Crippen LogP contribution in [0.15, 0.2) is 75.0 Å². The maximum absolute atomic E-state index is 12.8. The van der Waals surface area contributed by atoms with E-state index in [1.54, 1.807) is 23.1 Å². The fourth-order valence-corrected chi connectivity index (χ4v) is 5.75. The average Bonchev–Trinajstić information content (AvgIpc) is 3.59. The third-order valence-corrected chi connectivity index (χ3v) is 7.90. The summed E-state index contributed by atoms with van der Waals surface area (Å²) < 4.78 is 35.4. The summed E-state index contributed by atoms with van der Waals surface area (Å²) in [5, 5.41) is 7.05. The SMILES string of the molecule is O=C(CCn1c(=O)oc2cc(S(=O)(=O)N3CCCC3)ccc21)Nc1cnn(Cc2ccccc2)c1. The van der Waals surface area contributed by atoms with Crippen molar-refractivity contribution in [3.05, 3.63) is 77.0 Å². The van der Waals surface area contributed by atoms with Gasteiger partial charge < -0.3 is 9.73 Å². The summed E-state index contributed by atoms with van der Waals surface area (Å²) in [6, 6.07) is 14.3. The lowest BCUT2D eigenvalue weighted by Gasteiger charge is -2.15. The standard InChI is InChI=1S/C24H25N5O5S/c30-23(26-19-15-25-27(17-19)16-18-6-2-1-3-7-18)10-13-29-21-9-8-20(14-22(21)34-24(29)31)35(32,33)28-11-4-5-12-28/h1-3,6-9,14-15,17H,4-5,10-13,16H2,(H,26,30). The summed E-state index contributed by atoms with van der Waals surface area (Å²) >= 11 is 0. The lowest BCUT2D eigenvalue weighted by atomic mass is 10.2. The summed E-state index contributed by atoms with van der Waals surface area (Å²) in [6.07, 6.45) is 5.02. The lowest BCUT2D eigenvalue weighted by molar-refractivity contribution is -0.116. The number of nitrogens with zero attached hydrogens (tertiary/aromatic N) is 4. The molecule has 2 aromatic heterocycles. The molecule has 0 aliphatic carbocycles. The van der Waals surface area contributed by atoms with Crippen molar-refractivity contribution in [1.82, 2.24) is 18.7 Å². The fraction of sp³-hybridized carbons (Fsp3) is 0.292. The maximum Gasteiger partial charge on any atom is 0.419 e. The number of carbonyl (C=O) groups is 1. The predicted octanol–water partition coefficient (Wildman–Crippen LogP) is 2.65. The van der Waals surface area contributed by atoms with E-state index in [0.717, 1.165) is 18.4 Å². The second-order valence-corrected chi connectivity index (χ2v) is 10.4. The molecule has 1 amide bonds. The molecule has 11 heteroatoms. The van der Waals surface area contributed by atoms with Gasteiger partial charge in [0.1, 0.15) is 0 Å². The third kappa shape index (κ3) is 4.91. The molecule has 35 heavy (non-hydrogen) atoms. The minimum absolute atomic E-state index is 0.0340. The highest BCUT2D eigenvalue weighted by molar-refractivity contribution is 7.89. The molecular formula is C24H25N5O5S. The Balaban J connectivity index is 1.24. The van der Waals surface area contributed by atoms with Gasteiger partial charge in [0, 0.05) is 38.3 Å². The Morgan fingerprint density at radius 3 is 2.63 bits per heavy atom. The van der Waals surface area contributed by atoms with E-state index in [1.165, 1.54) is 21.0 Å². The van der Waals surface area contributed by atoms with Crippen molar-refractivity contribution in [1.29, 1.82) is 0 Å². The maximum atomic E-state index is 12.8. The van der Waals surface area contributed by atoms with Crippen LogP contribution in [0.25, 0.3) is 11.1 Å². The van der Waals surface area contributed by atoms with Crippen LogP contribution < -0.4 is 11.1 Å². The van der Waals surface area contributed by atoms with Crippen LogP contribution in [0.4, 0.5) is 5.69 Å².